The van der Waals surface area contributed by atoms with Crippen LogP contribution in [0.5, 0.6) is 0 Å². The van der Waals surface area contributed by atoms with Gasteiger partial charge in [0.15, 0.2) is 5.69 Å². The number of hydrogen-bond donors (Lipinski definition) is 2. The van der Waals surface area contributed by atoms with Gasteiger partial charge in [0.2, 0.25) is 0 Å². The molecular formula is C14H14N2O5. The minimum absolute atomic E-state index is 0.0942. The third kappa shape index (κ3) is 2.81. The lowest BCUT2D eigenvalue weighted by Gasteiger charge is -1.98. The minimum Gasteiger partial charge on any atom is -0.478 e. The SMILES string of the molecule is Cc1oc(CNC(=O)c2cc(C3CC3)on2)cc1C(=O)O. The number of aromatic nitrogens is 1. The Bertz CT molecular complexity index is 696. The number of aromatic carboxylic acids is 1. The van der Waals surface area contributed by atoms with E-state index in [9.17, 15) is 9.59 Å². The predicted octanol–water partition coefficient (Wildman–Crippen LogP) is 2.08. The molecular weight excluding hydrogens is 276 g/mol. The van der Waals surface area contributed by atoms with Crippen LogP contribution in [-0.4, -0.2) is 22.1 Å². The molecule has 2 N–H and O–H groups in total. The molecule has 7 heteroatoms. The highest BCUT2D eigenvalue weighted by Gasteiger charge is 2.28. The number of carboxylic acid groups (broad SMARTS) is 1. The molecule has 2 aromatic heterocycles. The van der Waals surface area contributed by atoms with E-state index in [0.717, 1.165) is 18.6 Å². The third-order valence-corrected chi connectivity index (χ3v) is 3.36. The highest BCUT2D eigenvalue weighted by molar-refractivity contribution is 5.92. The van der Waals surface area contributed by atoms with Crippen molar-refractivity contribution < 1.29 is 23.6 Å². The fourth-order valence-corrected chi connectivity index (χ4v) is 2.06. The van der Waals surface area contributed by atoms with Gasteiger partial charge in [-0.3, -0.25) is 4.79 Å². The van der Waals surface area contributed by atoms with Gasteiger partial charge in [0.25, 0.3) is 5.91 Å². The van der Waals surface area contributed by atoms with Gasteiger partial charge in [-0.15, -0.1) is 0 Å². The Kier molecular flexibility index (Phi) is 3.25. The first kappa shape index (κ1) is 13.4. The lowest BCUT2D eigenvalue weighted by molar-refractivity contribution is 0.0694. The fraction of sp³-hybridized carbons (Fsp3) is 0.357. The first-order valence-corrected chi connectivity index (χ1v) is 6.62. The number of carbonyl (C=O) groups is 2. The maximum absolute atomic E-state index is 11.9. The van der Waals surface area contributed by atoms with Crippen LogP contribution in [-0.2, 0) is 6.54 Å². The number of hydrogen-bond acceptors (Lipinski definition) is 5. The van der Waals surface area contributed by atoms with Crippen LogP contribution >= 0.6 is 0 Å². The van der Waals surface area contributed by atoms with E-state index in [-0.39, 0.29) is 23.7 Å². The summed E-state index contributed by atoms with van der Waals surface area (Å²) in [6.07, 6.45) is 2.14. The zero-order chi connectivity index (χ0) is 15.0. The number of nitrogens with zero attached hydrogens (tertiary/aromatic N) is 1. The molecule has 0 unspecified atom stereocenters. The molecule has 7 nitrogen and oxygen atoms in total. The predicted molar refractivity (Wildman–Crippen MR) is 70.1 cm³/mol. The summed E-state index contributed by atoms with van der Waals surface area (Å²) >= 11 is 0. The van der Waals surface area contributed by atoms with E-state index < -0.39 is 5.97 Å². The molecule has 0 aromatic carbocycles. The van der Waals surface area contributed by atoms with Gasteiger partial charge in [-0.2, -0.15) is 0 Å². The normalized spacial score (nSPS) is 14.1. The first-order chi connectivity index (χ1) is 10.0. The summed E-state index contributed by atoms with van der Waals surface area (Å²) < 4.78 is 10.4. The summed E-state index contributed by atoms with van der Waals surface area (Å²) in [6.45, 7) is 1.66. The highest BCUT2D eigenvalue weighted by atomic mass is 16.5. The molecule has 0 saturated heterocycles. The summed E-state index contributed by atoms with van der Waals surface area (Å²) in [5.74, 6) is 0.386. The number of carbonyl (C=O) groups excluding carboxylic acids is 1. The van der Waals surface area contributed by atoms with Crippen molar-refractivity contribution >= 4 is 11.9 Å². The summed E-state index contributed by atoms with van der Waals surface area (Å²) in [4.78, 5) is 22.8. The smallest absolute Gasteiger partial charge is 0.339 e. The fourth-order valence-electron chi connectivity index (χ4n) is 2.06. The number of amides is 1. The van der Waals surface area contributed by atoms with Crippen molar-refractivity contribution in [2.24, 2.45) is 0 Å². The molecule has 0 aliphatic heterocycles. The zero-order valence-electron chi connectivity index (χ0n) is 11.4. The van der Waals surface area contributed by atoms with Gasteiger partial charge < -0.3 is 19.4 Å². The Morgan fingerprint density at radius 2 is 2.19 bits per heavy atom. The van der Waals surface area contributed by atoms with Crippen LogP contribution < -0.4 is 5.32 Å². The van der Waals surface area contributed by atoms with Crippen LogP contribution in [0.3, 0.4) is 0 Å². The molecule has 2 aromatic rings. The van der Waals surface area contributed by atoms with Crippen LogP contribution in [0.2, 0.25) is 0 Å². The average Bonchev–Trinajstić information content (AvgIpc) is 3.05. The molecule has 1 saturated carbocycles. The van der Waals surface area contributed by atoms with Gasteiger partial charge in [0, 0.05) is 12.0 Å². The summed E-state index contributed by atoms with van der Waals surface area (Å²) in [7, 11) is 0. The van der Waals surface area contributed by atoms with Crippen LogP contribution in [0.15, 0.2) is 21.1 Å². The molecule has 0 bridgehead atoms. The number of rotatable bonds is 5. The summed E-state index contributed by atoms with van der Waals surface area (Å²) in [5, 5.41) is 15.3. The van der Waals surface area contributed by atoms with Gasteiger partial charge >= 0.3 is 5.97 Å². The molecule has 0 radical (unpaired) electrons. The Labute approximate surface area is 119 Å². The van der Waals surface area contributed by atoms with Crippen molar-refractivity contribution in [3.05, 3.63) is 40.7 Å². The largest absolute Gasteiger partial charge is 0.478 e. The lowest BCUT2D eigenvalue weighted by atomic mass is 10.2. The maximum atomic E-state index is 11.9. The van der Waals surface area contributed by atoms with E-state index in [1.807, 2.05) is 0 Å². The summed E-state index contributed by atoms with van der Waals surface area (Å²) in [5.41, 5.74) is 0.315. The van der Waals surface area contributed by atoms with Crippen LogP contribution in [0, 0.1) is 6.92 Å². The minimum atomic E-state index is -1.06. The van der Waals surface area contributed by atoms with Crippen molar-refractivity contribution in [2.45, 2.75) is 32.2 Å². The molecule has 1 amide bonds. The molecule has 3 rings (SSSR count). The van der Waals surface area contributed by atoms with Crippen molar-refractivity contribution in [1.29, 1.82) is 0 Å². The topological polar surface area (TPSA) is 106 Å². The van der Waals surface area contributed by atoms with E-state index >= 15 is 0 Å². The highest BCUT2D eigenvalue weighted by Crippen LogP contribution is 2.40. The van der Waals surface area contributed by atoms with Gasteiger partial charge in [-0.05, 0) is 25.8 Å². The van der Waals surface area contributed by atoms with Crippen molar-refractivity contribution in [3.63, 3.8) is 0 Å². The van der Waals surface area contributed by atoms with E-state index in [1.165, 1.54) is 6.07 Å². The second-order valence-corrected chi connectivity index (χ2v) is 5.06. The van der Waals surface area contributed by atoms with Crippen molar-refractivity contribution in [2.75, 3.05) is 0 Å². The van der Waals surface area contributed by atoms with Crippen molar-refractivity contribution in [1.82, 2.24) is 10.5 Å². The van der Waals surface area contributed by atoms with Crippen LogP contribution in [0.25, 0.3) is 0 Å². The monoisotopic (exact) mass is 290 g/mol. The van der Waals surface area contributed by atoms with Gasteiger partial charge in [0.05, 0.1) is 6.54 Å². The van der Waals surface area contributed by atoms with Crippen LogP contribution in [0.1, 0.15) is 56.9 Å². The van der Waals surface area contributed by atoms with Gasteiger partial charge in [-0.1, -0.05) is 5.16 Å². The molecule has 1 aliphatic carbocycles. The van der Waals surface area contributed by atoms with Crippen molar-refractivity contribution in [3.8, 4) is 0 Å². The Morgan fingerprint density at radius 1 is 1.43 bits per heavy atom. The Hall–Kier alpha value is -2.57. The van der Waals surface area contributed by atoms with Crippen LogP contribution in [0.4, 0.5) is 0 Å². The quantitative estimate of drug-likeness (QED) is 0.873. The number of carboxylic acids is 1. The lowest BCUT2D eigenvalue weighted by Crippen LogP contribution is -2.22. The zero-order valence-corrected chi connectivity index (χ0v) is 11.4. The number of nitrogens with one attached hydrogen (secondary N) is 1. The molecule has 0 atom stereocenters. The molecule has 2 heterocycles. The first-order valence-electron chi connectivity index (χ1n) is 6.62. The molecule has 1 aliphatic rings. The molecule has 110 valence electrons. The maximum Gasteiger partial charge on any atom is 0.339 e. The Balaban J connectivity index is 1.62. The van der Waals surface area contributed by atoms with E-state index in [1.54, 1.807) is 13.0 Å². The third-order valence-electron chi connectivity index (χ3n) is 3.36. The number of aryl methyl sites for hydroxylation is 1. The van der Waals surface area contributed by atoms with Gasteiger partial charge in [-0.25, -0.2) is 4.79 Å². The Morgan fingerprint density at radius 3 is 2.81 bits per heavy atom. The van der Waals surface area contributed by atoms with E-state index in [2.05, 4.69) is 10.5 Å². The average molecular weight is 290 g/mol. The summed E-state index contributed by atoms with van der Waals surface area (Å²) in [6, 6.07) is 3.04. The second kappa shape index (κ2) is 5.08. The van der Waals surface area contributed by atoms with E-state index in [0.29, 0.717) is 17.4 Å². The molecule has 21 heavy (non-hydrogen) atoms. The molecule has 0 spiro atoms. The molecule has 1 fully saturated rings. The van der Waals surface area contributed by atoms with E-state index in [4.69, 9.17) is 14.0 Å². The number of furan rings is 1. The van der Waals surface area contributed by atoms with Gasteiger partial charge in [0.1, 0.15) is 22.8 Å². The standard InChI is InChI=1S/C14H14N2O5/c1-7-10(14(18)19)4-9(20-7)6-15-13(17)11-5-12(21-16-11)8-2-3-8/h4-5,8H,2-3,6H2,1H3,(H,15,17)(H,18,19). The second-order valence-electron chi connectivity index (χ2n) is 5.06.